The summed E-state index contributed by atoms with van der Waals surface area (Å²) in [6.45, 7) is 7.98. The predicted octanol–water partition coefficient (Wildman–Crippen LogP) is 4.04. The number of amides is 1. The summed E-state index contributed by atoms with van der Waals surface area (Å²) in [5.74, 6) is 0.882. The predicted molar refractivity (Wildman–Crippen MR) is 97.5 cm³/mol. The van der Waals surface area contributed by atoms with Gasteiger partial charge in [-0.3, -0.25) is 4.79 Å². The lowest BCUT2D eigenvalue weighted by molar-refractivity contribution is -0.127. The molecule has 0 heterocycles. The van der Waals surface area contributed by atoms with Crippen molar-refractivity contribution in [2.24, 2.45) is 5.10 Å². The third kappa shape index (κ3) is 5.23. The Kier molecular flexibility index (Phi) is 6.13. The molecule has 0 spiro atoms. The number of hydrogen-bond donors (Lipinski definition) is 1. The van der Waals surface area contributed by atoms with Crippen molar-refractivity contribution in [1.82, 2.24) is 5.43 Å². The molecular formula is C20H24N2O2. The fourth-order valence-electron chi connectivity index (χ4n) is 2.17. The van der Waals surface area contributed by atoms with Gasteiger partial charge in [-0.15, -0.1) is 0 Å². The van der Waals surface area contributed by atoms with Gasteiger partial charge in [0.1, 0.15) is 5.75 Å². The first-order valence-corrected chi connectivity index (χ1v) is 8.12. The third-order valence-corrected chi connectivity index (χ3v) is 3.66. The van der Waals surface area contributed by atoms with Crippen LogP contribution in [-0.2, 0) is 4.79 Å². The Morgan fingerprint density at radius 1 is 1.12 bits per heavy atom. The zero-order valence-corrected chi connectivity index (χ0v) is 14.6. The first-order chi connectivity index (χ1) is 11.5. The number of rotatable bonds is 6. The van der Waals surface area contributed by atoms with Crippen molar-refractivity contribution in [3.05, 3.63) is 65.2 Å². The van der Waals surface area contributed by atoms with Crippen LogP contribution in [0.3, 0.4) is 0 Å². The van der Waals surface area contributed by atoms with Gasteiger partial charge in [0.25, 0.3) is 5.91 Å². The maximum absolute atomic E-state index is 12.0. The standard InChI is InChI=1S/C20H24N2O2/c1-14(2)18-10-8-17(9-11-18)13-21-22-20(23)16(4)24-19-7-5-6-15(3)12-19/h5-14,16H,1-4H3,(H,22,23)/t16-/m0/s1. The number of hydrogen-bond acceptors (Lipinski definition) is 3. The van der Waals surface area contributed by atoms with Crippen LogP contribution in [0.15, 0.2) is 53.6 Å². The molecule has 0 saturated heterocycles. The number of nitrogens with one attached hydrogen (secondary N) is 1. The van der Waals surface area contributed by atoms with Gasteiger partial charge in [-0.05, 0) is 48.6 Å². The van der Waals surface area contributed by atoms with Crippen molar-refractivity contribution in [3.63, 3.8) is 0 Å². The molecule has 0 aliphatic heterocycles. The van der Waals surface area contributed by atoms with Gasteiger partial charge in [0.05, 0.1) is 6.21 Å². The molecule has 2 rings (SSSR count). The maximum Gasteiger partial charge on any atom is 0.280 e. The van der Waals surface area contributed by atoms with Gasteiger partial charge in [0.15, 0.2) is 6.10 Å². The van der Waals surface area contributed by atoms with Crippen LogP contribution in [0.1, 0.15) is 43.4 Å². The Labute approximate surface area is 143 Å². The number of carbonyl (C=O) groups is 1. The van der Waals surface area contributed by atoms with Crippen molar-refractivity contribution < 1.29 is 9.53 Å². The van der Waals surface area contributed by atoms with Crippen molar-refractivity contribution in [3.8, 4) is 5.75 Å². The Morgan fingerprint density at radius 3 is 2.46 bits per heavy atom. The van der Waals surface area contributed by atoms with E-state index in [1.807, 2.05) is 43.3 Å². The van der Waals surface area contributed by atoms with Crippen LogP contribution >= 0.6 is 0 Å². The van der Waals surface area contributed by atoms with Crippen LogP contribution in [0.25, 0.3) is 0 Å². The van der Waals surface area contributed by atoms with Crippen molar-refractivity contribution in [1.29, 1.82) is 0 Å². The topological polar surface area (TPSA) is 50.7 Å². The van der Waals surface area contributed by atoms with Gasteiger partial charge < -0.3 is 4.74 Å². The van der Waals surface area contributed by atoms with E-state index >= 15 is 0 Å². The molecular weight excluding hydrogens is 300 g/mol. The number of aryl methyl sites for hydroxylation is 1. The normalized spacial score (nSPS) is 12.4. The first kappa shape index (κ1) is 17.7. The maximum atomic E-state index is 12.0. The summed E-state index contributed by atoms with van der Waals surface area (Å²) >= 11 is 0. The van der Waals surface area contributed by atoms with Gasteiger partial charge in [-0.2, -0.15) is 5.10 Å². The molecule has 0 aromatic heterocycles. The van der Waals surface area contributed by atoms with Gasteiger partial charge >= 0.3 is 0 Å². The van der Waals surface area contributed by atoms with Crippen molar-refractivity contribution in [2.75, 3.05) is 0 Å². The zero-order chi connectivity index (χ0) is 17.5. The SMILES string of the molecule is Cc1cccc(O[C@@H](C)C(=O)NN=Cc2ccc(C(C)C)cc2)c1. The van der Waals surface area contributed by atoms with Crippen molar-refractivity contribution in [2.45, 2.75) is 39.7 Å². The summed E-state index contributed by atoms with van der Waals surface area (Å²) in [6, 6.07) is 15.7. The molecule has 2 aromatic rings. The molecule has 1 N–H and O–H groups in total. The molecule has 0 radical (unpaired) electrons. The van der Waals surface area contributed by atoms with Crippen LogP contribution in [0.5, 0.6) is 5.75 Å². The molecule has 0 unspecified atom stereocenters. The Morgan fingerprint density at radius 2 is 1.83 bits per heavy atom. The number of nitrogens with zero attached hydrogens (tertiary/aromatic N) is 1. The number of ether oxygens (including phenoxy) is 1. The van der Waals surface area contributed by atoms with Gasteiger partial charge in [-0.1, -0.05) is 50.2 Å². The van der Waals surface area contributed by atoms with Crippen LogP contribution in [0, 0.1) is 6.92 Å². The van der Waals surface area contributed by atoms with E-state index in [0.29, 0.717) is 11.7 Å². The molecule has 0 aliphatic rings. The van der Waals surface area contributed by atoms with E-state index in [4.69, 9.17) is 4.74 Å². The highest BCUT2D eigenvalue weighted by Crippen LogP contribution is 2.15. The quantitative estimate of drug-likeness (QED) is 0.644. The minimum Gasteiger partial charge on any atom is -0.481 e. The van der Waals surface area contributed by atoms with E-state index in [1.165, 1.54) is 5.56 Å². The third-order valence-electron chi connectivity index (χ3n) is 3.66. The van der Waals surface area contributed by atoms with E-state index in [0.717, 1.165) is 11.1 Å². The molecule has 0 fully saturated rings. The minimum absolute atomic E-state index is 0.286. The second kappa shape index (κ2) is 8.29. The number of hydrazone groups is 1. The van der Waals surface area contributed by atoms with Gasteiger partial charge in [-0.25, -0.2) is 5.43 Å². The van der Waals surface area contributed by atoms with E-state index in [-0.39, 0.29) is 5.91 Å². The van der Waals surface area contributed by atoms with Crippen LogP contribution in [0.4, 0.5) is 0 Å². The minimum atomic E-state index is -0.618. The highest BCUT2D eigenvalue weighted by Gasteiger charge is 2.13. The van der Waals surface area contributed by atoms with Crippen molar-refractivity contribution >= 4 is 12.1 Å². The highest BCUT2D eigenvalue weighted by atomic mass is 16.5. The fourth-order valence-corrected chi connectivity index (χ4v) is 2.17. The van der Waals surface area contributed by atoms with E-state index in [2.05, 4.69) is 36.5 Å². The molecule has 1 amide bonds. The number of benzene rings is 2. The average Bonchev–Trinajstić information content (AvgIpc) is 2.55. The molecule has 4 heteroatoms. The lowest BCUT2D eigenvalue weighted by Crippen LogP contribution is -2.33. The summed E-state index contributed by atoms with van der Waals surface area (Å²) in [4.78, 5) is 12.0. The lowest BCUT2D eigenvalue weighted by atomic mass is 10.0. The number of carbonyl (C=O) groups excluding carboxylic acids is 1. The molecule has 2 aromatic carbocycles. The first-order valence-electron chi connectivity index (χ1n) is 8.12. The Hall–Kier alpha value is -2.62. The smallest absolute Gasteiger partial charge is 0.280 e. The van der Waals surface area contributed by atoms with Gasteiger partial charge in [0, 0.05) is 0 Å². The Balaban J connectivity index is 1.87. The zero-order valence-electron chi connectivity index (χ0n) is 14.6. The second-order valence-electron chi connectivity index (χ2n) is 6.13. The lowest BCUT2D eigenvalue weighted by Gasteiger charge is -2.13. The largest absolute Gasteiger partial charge is 0.481 e. The van der Waals surface area contributed by atoms with Gasteiger partial charge in [0.2, 0.25) is 0 Å². The average molecular weight is 324 g/mol. The molecule has 4 nitrogen and oxygen atoms in total. The molecule has 1 atom stereocenters. The summed E-state index contributed by atoms with van der Waals surface area (Å²) in [6.07, 6.45) is 1.01. The fraction of sp³-hybridized carbons (Fsp3) is 0.300. The summed E-state index contributed by atoms with van der Waals surface area (Å²) < 4.78 is 5.62. The molecule has 0 bridgehead atoms. The molecule has 126 valence electrons. The van der Waals surface area contributed by atoms with E-state index < -0.39 is 6.10 Å². The Bertz CT molecular complexity index is 706. The van der Waals surface area contributed by atoms with E-state index in [1.54, 1.807) is 13.1 Å². The summed E-state index contributed by atoms with van der Waals surface area (Å²) in [5, 5.41) is 3.99. The van der Waals surface area contributed by atoms with Crippen LogP contribution < -0.4 is 10.2 Å². The molecule has 24 heavy (non-hydrogen) atoms. The molecule has 0 aliphatic carbocycles. The summed E-state index contributed by atoms with van der Waals surface area (Å²) in [5.41, 5.74) is 5.81. The molecule has 0 saturated carbocycles. The second-order valence-corrected chi connectivity index (χ2v) is 6.13. The monoisotopic (exact) mass is 324 g/mol. The van der Waals surface area contributed by atoms with Crippen LogP contribution in [-0.4, -0.2) is 18.2 Å². The van der Waals surface area contributed by atoms with Crippen LogP contribution in [0.2, 0.25) is 0 Å². The van der Waals surface area contributed by atoms with E-state index in [9.17, 15) is 4.79 Å². The summed E-state index contributed by atoms with van der Waals surface area (Å²) in [7, 11) is 0. The highest BCUT2D eigenvalue weighted by molar-refractivity contribution is 5.84.